The van der Waals surface area contributed by atoms with Gasteiger partial charge in [0.25, 0.3) is 0 Å². The minimum absolute atomic E-state index is 0.614. The molecule has 1 aromatic heterocycles. The summed E-state index contributed by atoms with van der Waals surface area (Å²) in [5.41, 5.74) is 7.56. The molecular weight excluding hydrogens is 176 g/mol. The number of rotatable bonds is 3. The quantitative estimate of drug-likeness (QED) is 0.757. The van der Waals surface area contributed by atoms with Crippen molar-refractivity contribution >= 4 is 17.0 Å². The standard InChI is InChI=1S/C10H14N4/c1-14-9-5-3-2-4-8(9)13-10(14)12-7-6-11/h2-5H,6-7,11H2,1H3,(H,12,13). The van der Waals surface area contributed by atoms with Gasteiger partial charge in [-0.05, 0) is 12.1 Å². The highest BCUT2D eigenvalue weighted by Gasteiger charge is 2.04. The zero-order valence-corrected chi connectivity index (χ0v) is 8.20. The van der Waals surface area contributed by atoms with E-state index >= 15 is 0 Å². The Morgan fingerprint density at radius 2 is 2.21 bits per heavy atom. The number of nitrogens with zero attached hydrogens (tertiary/aromatic N) is 2. The SMILES string of the molecule is Cn1c(NCCN)nc2ccccc21. The molecule has 0 saturated heterocycles. The molecule has 1 heterocycles. The van der Waals surface area contributed by atoms with E-state index in [4.69, 9.17) is 5.73 Å². The molecule has 0 aliphatic rings. The summed E-state index contributed by atoms with van der Waals surface area (Å²) in [6, 6.07) is 8.05. The van der Waals surface area contributed by atoms with Crippen LogP contribution in [0.4, 0.5) is 5.95 Å². The third-order valence-electron chi connectivity index (χ3n) is 2.21. The van der Waals surface area contributed by atoms with E-state index in [-0.39, 0.29) is 0 Å². The Kier molecular flexibility index (Phi) is 2.37. The molecule has 0 unspecified atom stereocenters. The molecule has 4 nitrogen and oxygen atoms in total. The number of benzene rings is 1. The van der Waals surface area contributed by atoms with Gasteiger partial charge in [-0.25, -0.2) is 4.98 Å². The average molecular weight is 190 g/mol. The molecule has 0 atom stereocenters. The van der Waals surface area contributed by atoms with Crippen molar-refractivity contribution in [2.24, 2.45) is 12.8 Å². The number of hydrogen-bond acceptors (Lipinski definition) is 3. The van der Waals surface area contributed by atoms with E-state index in [9.17, 15) is 0 Å². The first kappa shape index (κ1) is 9.02. The summed E-state index contributed by atoms with van der Waals surface area (Å²) in [6.45, 7) is 1.36. The molecule has 74 valence electrons. The van der Waals surface area contributed by atoms with E-state index in [0.717, 1.165) is 23.5 Å². The van der Waals surface area contributed by atoms with Crippen LogP contribution in [0.3, 0.4) is 0 Å². The lowest BCUT2D eigenvalue weighted by molar-refractivity contribution is 0.915. The van der Waals surface area contributed by atoms with E-state index in [1.165, 1.54) is 0 Å². The fraction of sp³-hybridized carbons (Fsp3) is 0.300. The van der Waals surface area contributed by atoms with Gasteiger partial charge in [0.05, 0.1) is 11.0 Å². The molecule has 0 aliphatic heterocycles. The second-order valence-corrected chi connectivity index (χ2v) is 3.20. The van der Waals surface area contributed by atoms with Crippen LogP contribution in [0.5, 0.6) is 0 Å². The number of aryl methyl sites for hydroxylation is 1. The first-order valence-electron chi connectivity index (χ1n) is 4.68. The van der Waals surface area contributed by atoms with E-state index in [2.05, 4.69) is 16.4 Å². The van der Waals surface area contributed by atoms with Crippen LogP contribution < -0.4 is 11.1 Å². The van der Waals surface area contributed by atoms with Gasteiger partial charge in [0, 0.05) is 20.1 Å². The lowest BCUT2D eigenvalue weighted by atomic mass is 10.3. The highest BCUT2D eigenvalue weighted by atomic mass is 15.2. The number of para-hydroxylation sites is 2. The molecule has 4 heteroatoms. The van der Waals surface area contributed by atoms with Crippen molar-refractivity contribution in [3.8, 4) is 0 Å². The van der Waals surface area contributed by atoms with Crippen LogP contribution in [0.15, 0.2) is 24.3 Å². The molecule has 0 fully saturated rings. The Hall–Kier alpha value is -1.55. The van der Waals surface area contributed by atoms with Gasteiger partial charge < -0.3 is 15.6 Å². The first-order valence-corrected chi connectivity index (χ1v) is 4.68. The van der Waals surface area contributed by atoms with Gasteiger partial charge >= 0.3 is 0 Å². The topological polar surface area (TPSA) is 55.9 Å². The Balaban J connectivity index is 2.41. The average Bonchev–Trinajstić information content (AvgIpc) is 2.54. The Morgan fingerprint density at radius 3 is 2.93 bits per heavy atom. The minimum Gasteiger partial charge on any atom is -0.354 e. The van der Waals surface area contributed by atoms with E-state index in [0.29, 0.717) is 6.54 Å². The number of nitrogens with one attached hydrogen (secondary N) is 1. The fourth-order valence-corrected chi connectivity index (χ4v) is 1.49. The lowest BCUT2D eigenvalue weighted by Gasteiger charge is -2.03. The minimum atomic E-state index is 0.614. The van der Waals surface area contributed by atoms with Crippen molar-refractivity contribution in [3.05, 3.63) is 24.3 Å². The van der Waals surface area contributed by atoms with Gasteiger partial charge in [-0.15, -0.1) is 0 Å². The van der Waals surface area contributed by atoms with Crippen LogP contribution in [0.1, 0.15) is 0 Å². The third kappa shape index (κ3) is 1.44. The van der Waals surface area contributed by atoms with Crippen LogP contribution in [0.2, 0.25) is 0 Å². The van der Waals surface area contributed by atoms with Crippen molar-refractivity contribution in [2.45, 2.75) is 0 Å². The third-order valence-corrected chi connectivity index (χ3v) is 2.21. The molecule has 0 bridgehead atoms. The molecule has 3 N–H and O–H groups in total. The molecule has 0 amide bonds. The normalized spacial score (nSPS) is 10.7. The summed E-state index contributed by atoms with van der Waals surface area (Å²) in [5.74, 6) is 0.872. The molecular formula is C10H14N4. The van der Waals surface area contributed by atoms with Gasteiger partial charge in [-0.2, -0.15) is 0 Å². The van der Waals surface area contributed by atoms with Crippen molar-refractivity contribution in [3.63, 3.8) is 0 Å². The Morgan fingerprint density at radius 1 is 1.43 bits per heavy atom. The maximum atomic E-state index is 5.42. The fourth-order valence-electron chi connectivity index (χ4n) is 1.49. The number of anilines is 1. The Labute approximate surface area is 82.7 Å². The van der Waals surface area contributed by atoms with Crippen LogP contribution in [-0.2, 0) is 7.05 Å². The first-order chi connectivity index (χ1) is 6.83. The summed E-state index contributed by atoms with van der Waals surface area (Å²) >= 11 is 0. The number of fused-ring (bicyclic) bond motifs is 1. The molecule has 14 heavy (non-hydrogen) atoms. The van der Waals surface area contributed by atoms with E-state index in [1.54, 1.807) is 0 Å². The number of hydrogen-bond donors (Lipinski definition) is 2. The summed E-state index contributed by atoms with van der Waals surface area (Å²) in [7, 11) is 1.99. The maximum Gasteiger partial charge on any atom is 0.203 e. The second kappa shape index (κ2) is 3.67. The van der Waals surface area contributed by atoms with E-state index in [1.807, 2.05) is 29.8 Å². The maximum absolute atomic E-state index is 5.42. The van der Waals surface area contributed by atoms with Crippen molar-refractivity contribution in [1.82, 2.24) is 9.55 Å². The largest absolute Gasteiger partial charge is 0.354 e. The molecule has 2 rings (SSSR count). The molecule has 2 aromatic rings. The second-order valence-electron chi connectivity index (χ2n) is 3.20. The van der Waals surface area contributed by atoms with Crippen LogP contribution in [0.25, 0.3) is 11.0 Å². The highest BCUT2D eigenvalue weighted by molar-refractivity contribution is 5.78. The Bertz CT molecular complexity index is 433. The molecule has 0 radical (unpaired) electrons. The molecule has 0 aliphatic carbocycles. The summed E-state index contributed by atoms with van der Waals surface area (Å²) < 4.78 is 2.03. The van der Waals surface area contributed by atoms with Crippen LogP contribution >= 0.6 is 0 Å². The number of imidazole rings is 1. The van der Waals surface area contributed by atoms with E-state index < -0.39 is 0 Å². The predicted molar refractivity (Wildman–Crippen MR) is 58.3 cm³/mol. The van der Waals surface area contributed by atoms with Gasteiger partial charge in [0.2, 0.25) is 5.95 Å². The number of aromatic nitrogens is 2. The summed E-state index contributed by atoms with van der Waals surface area (Å²) in [5, 5.41) is 3.18. The monoisotopic (exact) mass is 190 g/mol. The van der Waals surface area contributed by atoms with Gasteiger partial charge in [-0.1, -0.05) is 12.1 Å². The van der Waals surface area contributed by atoms with Gasteiger partial charge in [0.1, 0.15) is 0 Å². The zero-order valence-electron chi connectivity index (χ0n) is 8.20. The predicted octanol–water partition coefficient (Wildman–Crippen LogP) is 0.944. The smallest absolute Gasteiger partial charge is 0.203 e. The number of nitrogens with two attached hydrogens (primary N) is 1. The van der Waals surface area contributed by atoms with Crippen LogP contribution in [-0.4, -0.2) is 22.6 Å². The van der Waals surface area contributed by atoms with Crippen LogP contribution in [0, 0.1) is 0 Å². The van der Waals surface area contributed by atoms with Crippen molar-refractivity contribution < 1.29 is 0 Å². The summed E-state index contributed by atoms with van der Waals surface area (Å²) in [4.78, 5) is 4.45. The molecule has 1 aromatic carbocycles. The van der Waals surface area contributed by atoms with Crippen molar-refractivity contribution in [1.29, 1.82) is 0 Å². The lowest BCUT2D eigenvalue weighted by Crippen LogP contribution is -2.15. The van der Waals surface area contributed by atoms with Crippen molar-refractivity contribution in [2.75, 3.05) is 18.4 Å². The van der Waals surface area contributed by atoms with Gasteiger partial charge in [-0.3, -0.25) is 0 Å². The summed E-state index contributed by atoms with van der Waals surface area (Å²) in [6.07, 6.45) is 0. The molecule has 0 saturated carbocycles. The molecule has 0 spiro atoms. The zero-order chi connectivity index (χ0) is 9.97. The van der Waals surface area contributed by atoms with Gasteiger partial charge in [0.15, 0.2) is 0 Å². The highest BCUT2D eigenvalue weighted by Crippen LogP contribution is 2.16.